The number of amidine groups is 1. The summed E-state index contributed by atoms with van der Waals surface area (Å²) >= 11 is 0. The minimum absolute atomic E-state index is 0. The highest BCUT2D eigenvalue weighted by molar-refractivity contribution is 8.93. The van der Waals surface area contributed by atoms with Gasteiger partial charge in [0, 0.05) is 50.4 Å². The highest BCUT2D eigenvalue weighted by Gasteiger charge is 2.39. The smallest absolute Gasteiger partial charge is 0.341 e. The van der Waals surface area contributed by atoms with E-state index in [1.54, 1.807) is 7.11 Å². The molecule has 2 saturated heterocycles. The summed E-state index contributed by atoms with van der Waals surface area (Å²) in [5, 5.41) is 18.3. The topological polar surface area (TPSA) is 103 Å². The number of Topliss-reactive ketones (excluding diaryl/α,β-unsaturated/α-hetero) is 1. The third-order valence-corrected chi connectivity index (χ3v) is 7.73. The second-order valence-electron chi connectivity index (χ2n) is 11.6. The molecule has 2 aromatic rings. The monoisotopic (exact) mass is 615 g/mol. The summed E-state index contributed by atoms with van der Waals surface area (Å²) in [6, 6.07) is 13.8. The Balaban J connectivity index is 0.00000441. The largest absolute Gasteiger partial charge is 0.479 e. The molecule has 0 aromatic heterocycles. The van der Waals surface area contributed by atoms with E-state index in [0.717, 1.165) is 49.2 Å². The third-order valence-electron chi connectivity index (χ3n) is 7.73. The molecule has 0 bridgehead atoms. The lowest BCUT2D eigenvalue weighted by molar-refractivity contribution is -0.139. The van der Waals surface area contributed by atoms with E-state index >= 15 is 0 Å². The van der Waals surface area contributed by atoms with Gasteiger partial charge in [0.1, 0.15) is 11.6 Å². The minimum atomic E-state index is -1.04. The summed E-state index contributed by atoms with van der Waals surface area (Å²) in [7, 11) is 1.69. The quantitative estimate of drug-likeness (QED) is 0.320. The number of rotatable bonds is 11. The molecule has 40 heavy (non-hydrogen) atoms. The van der Waals surface area contributed by atoms with Crippen molar-refractivity contribution in [3.63, 3.8) is 0 Å². The van der Waals surface area contributed by atoms with Crippen LogP contribution in [0.3, 0.4) is 0 Å². The molecule has 2 atom stereocenters. The molecule has 2 aliphatic heterocycles. The predicted molar refractivity (Wildman–Crippen MR) is 163 cm³/mol. The van der Waals surface area contributed by atoms with Crippen molar-refractivity contribution in [3.05, 3.63) is 59.2 Å². The molecule has 4 rings (SSSR count). The van der Waals surface area contributed by atoms with Gasteiger partial charge >= 0.3 is 5.97 Å². The van der Waals surface area contributed by atoms with Crippen LogP contribution < -0.4 is 9.64 Å². The number of methoxy groups -OCH3 is 1. The zero-order valence-electron chi connectivity index (χ0n) is 23.9. The van der Waals surface area contributed by atoms with Crippen LogP contribution in [0.2, 0.25) is 0 Å². The molecule has 2 N–H and O–H groups in total. The Morgan fingerprint density at radius 1 is 1.10 bits per heavy atom. The van der Waals surface area contributed by atoms with E-state index in [0.29, 0.717) is 30.3 Å². The highest BCUT2D eigenvalue weighted by atomic mass is 79.9. The van der Waals surface area contributed by atoms with E-state index in [9.17, 15) is 14.7 Å². The van der Waals surface area contributed by atoms with Gasteiger partial charge < -0.3 is 24.4 Å². The maximum absolute atomic E-state index is 13.8. The summed E-state index contributed by atoms with van der Waals surface area (Å²) in [6.45, 7) is 8.70. The maximum Gasteiger partial charge on any atom is 0.341 e. The predicted octanol–water partition coefficient (Wildman–Crippen LogP) is 5.54. The summed E-state index contributed by atoms with van der Waals surface area (Å²) in [5.74, 6) is 0.0190. The molecule has 0 aliphatic carbocycles. The molecular formula is C31H42BrN3O5. The van der Waals surface area contributed by atoms with Gasteiger partial charge in [-0.15, -0.1) is 17.0 Å². The van der Waals surface area contributed by atoms with Gasteiger partial charge in [-0.2, -0.15) is 0 Å². The number of ketones is 1. The van der Waals surface area contributed by atoms with Crippen LogP contribution in [0.1, 0.15) is 67.4 Å². The number of carbonyl (C=O) groups excluding carboxylic acids is 1. The fourth-order valence-corrected chi connectivity index (χ4v) is 5.75. The summed E-state index contributed by atoms with van der Waals surface area (Å²) in [5.41, 5.74) is 2.87. The molecule has 8 nitrogen and oxygen atoms in total. The van der Waals surface area contributed by atoms with Gasteiger partial charge in [-0.05, 0) is 48.3 Å². The molecule has 0 spiro atoms. The van der Waals surface area contributed by atoms with Crippen molar-refractivity contribution in [2.75, 3.05) is 51.4 Å². The van der Waals surface area contributed by atoms with Gasteiger partial charge in [0.15, 0.2) is 12.4 Å². The van der Waals surface area contributed by atoms with E-state index in [1.807, 2.05) is 56.0 Å². The molecule has 2 aromatic carbocycles. The first-order valence-corrected chi connectivity index (χ1v) is 13.8. The number of carbonyl (C=O) groups is 2. The molecule has 2 aliphatic rings. The number of likely N-dealkylation sites (tertiary alicyclic amines) is 1. The molecule has 2 heterocycles. The zero-order valence-corrected chi connectivity index (χ0v) is 25.7. The first-order chi connectivity index (χ1) is 18.6. The number of carboxylic acids is 1. The van der Waals surface area contributed by atoms with Gasteiger partial charge in [0.2, 0.25) is 0 Å². The normalized spacial score (nSPS) is 19.1. The van der Waals surface area contributed by atoms with Gasteiger partial charge in [0.25, 0.3) is 0 Å². The van der Waals surface area contributed by atoms with Crippen LogP contribution in [0, 0.1) is 11.3 Å². The first-order valence-electron chi connectivity index (χ1n) is 13.8. The SMILES string of the molecule is Br.COCCC1CN(CC(=O)c2cc(N3CCCC3)c(OCC(=O)O)c(C(C)(C)C)c2)C(=N)C1c1ccccc1. The Morgan fingerprint density at radius 3 is 2.38 bits per heavy atom. The molecule has 0 radical (unpaired) electrons. The lowest BCUT2D eigenvalue weighted by atomic mass is 9.84. The number of hydrogen-bond donors (Lipinski definition) is 2. The van der Waals surface area contributed by atoms with Gasteiger partial charge in [-0.25, -0.2) is 4.79 Å². The Kier molecular flexibility index (Phi) is 10.8. The van der Waals surface area contributed by atoms with Crippen molar-refractivity contribution in [3.8, 4) is 5.75 Å². The van der Waals surface area contributed by atoms with Crippen LogP contribution in [-0.4, -0.2) is 74.1 Å². The number of halogens is 1. The lowest BCUT2D eigenvalue weighted by Gasteiger charge is -2.29. The Bertz CT molecular complexity index is 1190. The average molecular weight is 617 g/mol. The van der Waals surface area contributed by atoms with Crippen LogP contribution in [0.25, 0.3) is 0 Å². The summed E-state index contributed by atoms with van der Waals surface area (Å²) < 4.78 is 11.2. The highest BCUT2D eigenvalue weighted by Crippen LogP contribution is 2.42. The molecule has 2 fully saturated rings. The van der Waals surface area contributed by atoms with Crippen molar-refractivity contribution in [2.24, 2.45) is 5.92 Å². The number of nitrogens with zero attached hydrogens (tertiary/aromatic N) is 2. The fraction of sp³-hybridized carbons (Fsp3) is 0.516. The Hall–Kier alpha value is -2.91. The first kappa shape index (κ1) is 31.6. The fourth-order valence-electron chi connectivity index (χ4n) is 5.75. The number of ether oxygens (including phenoxy) is 2. The van der Waals surface area contributed by atoms with Crippen LogP contribution in [0.15, 0.2) is 42.5 Å². The van der Waals surface area contributed by atoms with Crippen molar-refractivity contribution in [1.29, 1.82) is 5.41 Å². The van der Waals surface area contributed by atoms with Gasteiger partial charge in [0.05, 0.1) is 12.2 Å². The molecular weight excluding hydrogens is 574 g/mol. The molecule has 218 valence electrons. The van der Waals surface area contributed by atoms with Crippen molar-refractivity contribution in [2.45, 2.75) is 51.4 Å². The van der Waals surface area contributed by atoms with E-state index in [4.69, 9.17) is 14.9 Å². The van der Waals surface area contributed by atoms with Gasteiger partial charge in [-0.3, -0.25) is 10.2 Å². The number of aliphatic carboxylic acids is 1. The second-order valence-corrected chi connectivity index (χ2v) is 11.6. The summed E-state index contributed by atoms with van der Waals surface area (Å²) in [6.07, 6.45) is 2.89. The van der Waals surface area contributed by atoms with E-state index < -0.39 is 12.6 Å². The van der Waals surface area contributed by atoms with E-state index in [2.05, 4.69) is 17.0 Å². The van der Waals surface area contributed by atoms with Crippen LogP contribution in [-0.2, 0) is 14.9 Å². The zero-order chi connectivity index (χ0) is 28.2. The molecule has 0 amide bonds. The van der Waals surface area contributed by atoms with E-state index in [-0.39, 0.29) is 46.6 Å². The molecule has 9 heteroatoms. The van der Waals surface area contributed by atoms with Crippen LogP contribution >= 0.6 is 17.0 Å². The van der Waals surface area contributed by atoms with Crippen molar-refractivity contribution >= 4 is 40.3 Å². The Labute approximate surface area is 247 Å². The second kappa shape index (κ2) is 13.6. The number of hydrogen-bond acceptors (Lipinski definition) is 6. The number of benzene rings is 2. The van der Waals surface area contributed by atoms with Gasteiger partial charge in [-0.1, -0.05) is 51.1 Å². The molecule has 0 saturated carbocycles. The Morgan fingerprint density at radius 2 is 1.77 bits per heavy atom. The van der Waals surface area contributed by atoms with E-state index in [1.165, 1.54) is 0 Å². The maximum atomic E-state index is 13.8. The van der Waals surface area contributed by atoms with Crippen molar-refractivity contribution < 1.29 is 24.2 Å². The number of nitrogens with one attached hydrogen (secondary N) is 1. The summed E-state index contributed by atoms with van der Waals surface area (Å²) in [4.78, 5) is 29.3. The van der Waals surface area contributed by atoms with Crippen LogP contribution in [0.5, 0.6) is 5.75 Å². The lowest BCUT2D eigenvalue weighted by Crippen LogP contribution is -2.32. The minimum Gasteiger partial charge on any atom is -0.479 e. The standard InChI is InChI=1S/C31H41N3O5.BrH/c1-31(2,3)24-16-23(17-25(33-13-8-9-14-33)29(24)39-20-27(36)37)26(35)19-34-18-22(12-15-38-4)28(30(34)32)21-10-6-5-7-11-21;/h5-7,10-11,16-17,22,28,32H,8-9,12-15,18-20H2,1-4H3,(H,36,37);1H. The van der Waals surface area contributed by atoms with Crippen molar-refractivity contribution in [1.82, 2.24) is 4.90 Å². The average Bonchev–Trinajstić information content (AvgIpc) is 3.54. The molecule has 2 unspecified atom stereocenters. The number of carboxylic acid groups (broad SMARTS) is 1. The third kappa shape index (κ3) is 7.23. The van der Waals surface area contributed by atoms with Crippen LogP contribution in [0.4, 0.5) is 5.69 Å². The number of anilines is 1.